The van der Waals surface area contributed by atoms with E-state index < -0.39 is 0 Å². The smallest absolute Gasteiger partial charge is 0.0923 e. The zero-order valence-electron chi connectivity index (χ0n) is 13.2. The van der Waals surface area contributed by atoms with Crippen LogP contribution < -0.4 is 0 Å². The number of rotatable bonds is 5. The standard InChI is InChI=1S/C20H22N2/c1-15-3-7-17(8-4-15)20(12-11-19-13-21-14-22-19)18-9-5-16(2)6-10-18/h3-10,13-14,20H,11-12H2,1-2H3,(H,21,22). The maximum Gasteiger partial charge on any atom is 0.0923 e. The van der Waals surface area contributed by atoms with Gasteiger partial charge >= 0.3 is 0 Å². The van der Waals surface area contributed by atoms with Gasteiger partial charge in [-0.15, -0.1) is 0 Å². The zero-order chi connectivity index (χ0) is 15.4. The number of aromatic nitrogens is 2. The summed E-state index contributed by atoms with van der Waals surface area (Å²) < 4.78 is 0. The molecule has 1 heterocycles. The molecule has 0 amide bonds. The van der Waals surface area contributed by atoms with Crippen molar-refractivity contribution in [2.24, 2.45) is 0 Å². The molecule has 0 radical (unpaired) electrons. The van der Waals surface area contributed by atoms with E-state index in [4.69, 9.17) is 0 Å². The van der Waals surface area contributed by atoms with Crippen molar-refractivity contribution < 1.29 is 0 Å². The van der Waals surface area contributed by atoms with Crippen LogP contribution in [0.1, 0.15) is 40.3 Å². The van der Waals surface area contributed by atoms with Crippen LogP contribution in [0.25, 0.3) is 0 Å². The van der Waals surface area contributed by atoms with Gasteiger partial charge in [0.15, 0.2) is 0 Å². The van der Waals surface area contributed by atoms with E-state index in [2.05, 4.69) is 72.3 Å². The molecule has 0 saturated heterocycles. The van der Waals surface area contributed by atoms with E-state index in [1.54, 1.807) is 6.33 Å². The fourth-order valence-corrected chi connectivity index (χ4v) is 2.84. The van der Waals surface area contributed by atoms with Crippen LogP contribution in [0.5, 0.6) is 0 Å². The summed E-state index contributed by atoms with van der Waals surface area (Å²) in [6.07, 6.45) is 5.79. The number of aromatic amines is 1. The minimum Gasteiger partial charge on any atom is -0.351 e. The minimum atomic E-state index is 0.415. The highest BCUT2D eigenvalue weighted by atomic mass is 14.9. The van der Waals surface area contributed by atoms with Gasteiger partial charge in [-0.1, -0.05) is 59.7 Å². The first kappa shape index (κ1) is 14.6. The molecular weight excluding hydrogens is 268 g/mol. The second kappa shape index (κ2) is 6.61. The van der Waals surface area contributed by atoms with Crippen LogP contribution in [0.2, 0.25) is 0 Å². The fourth-order valence-electron chi connectivity index (χ4n) is 2.84. The molecule has 2 nitrogen and oxygen atoms in total. The normalized spacial score (nSPS) is 11.0. The number of hydrogen-bond donors (Lipinski definition) is 1. The highest BCUT2D eigenvalue weighted by Crippen LogP contribution is 2.29. The molecule has 22 heavy (non-hydrogen) atoms. The second-order valence-corrected chi connectivity index (χ2v) is 5.97. The molecule has 2 heteroatoms. The number of hydrogen-bond acceptors (Lipinski definition) is 1. The third-order valence-corrected chi connectivity index (χ3v) is 4.20. The summed E-state index contributed by atoms with van der Waals surface area (Å²) >= 11 is 0. The predicted molar refractivity (Wildman–Crippen MR) is 91.1 cm³/mol. The molecule has 3 rings (SSSR count). The summed E-state index contributed by atoms with van der Waals surface area (Å²) in [4.78, 5) is 7.39. The maximum atomic E-state index is 4.35. The van der Waals surface area contributed by atoms with Gasteiger partial charge in [0.05, 0.1) is 12.0 Å². The lowest BCUT2D eigenvalue weighted by molar-refractivity contribution is 0.706. The molecule has 0 spiro atoms. The van der Waals surface area contributed by atoms with Crippen molar-refractivity contribution in [3.8, 4) is 0 Å². The quantitative estimate of drug-likeness (QED) is 0.719. The van der Waals surface area contributed by atoms with Crippen LogP contribution in [-0.4, -0.2) is 9.97 Å². The molecule has 2 aromatic carbocycles. The number of benzene rings is 2. The van der Waals surface area contributed by atoms with Gasteiger partial charge in [-0.2, -0.15) is 0 Å². The van der Waals surface area contributed by atoms with Crippen LogP contribution in [0.3, 0.4) is 0 Å². The summed E-state index contributed by atoms with van der Waals surface area (Å²) in [6, 6.07) is 17.8. The van der Waals surface area contributed by atoms with Gasteiger partial charge in [0.25, 0.3) is 0 Å². The predicted octanol–water partition coefficient (Wildman–Crippen LogP) is 4.79. The van der Waals surface area contributed by atoms with Gasteiger partial charge in [0, 0.05) is 12.1 Å². The topological polar surface area (TPSA) is 28.7 Å². The van der Waals surface area contributed by atoms with Crippen molar-refractivity contribution in [2.75, 3.05) is 0 Å². The molecule has 0 unspecified atom stereocenters. The summed E-state index contributed by atoms with van der Waals surface area (Å²) in [5.41, 5.74) is 6.50. The Labute approximate surface area is 132 Å². The Bertz CT molecular complexity index is 649. The first-order chi connectivity index (χ1) is 10.7. The molecule has 0 aliphatic rings. The average Bonchev–Trinajstić information content (AvgIpc) is 3.04. The molecule has 0 aliphatic heterocycles. The van der Waals surface area contributed by atoms with E-state index in [1.807, 2.05) is 6.20 Å². The van der Waals surface area contributed by atoms with Crippen molar-refractivity contribution in [1.82, 2.24) is 9.97 Å². The van der Waals surface area contributed by atoms with Crippen molar-refractivity contribution in [3.05, 3.63) is 89.0 Å². The van der Waals surface area contributed by atoms with E-state index in [0.717, 1.165) is 18.5 Å². The van der Waals surface area contributed by atoms with Gasteiger partial charge < -0.3 is 4.98 Å². The Morgan fingerprint density at radius 3 is 1.86 bits per heavy atom. The summed E-state index contributed by atoms with van der Waals surface area (Å²) in [5.74, 6) is 0.415. The zero-order valence-corrected chi connectivity index (χ0v) is 13.2. The molecule has 0 atom stereocenters. The van der Waals surface area contributed by atoms with Crippen LogP contribution >= 0.6 is 0 Å². The summed E-state index contributed by atoms with van der Waals surface area (Å²) in [6.45, 7) is 4.27. The third-order valence-electron chi connectivity index (χ3n) is 4.20. The SMILES string of the molecule is Cc1ccc(C(CCc2c[nH]cn2)c2ccc(C)cc2)cc1. The molecule has 1 aromatic heterocycles. The van der Waals surface area contributed by atoms with Crippen LogP contribution in [0.15, 0.2) is 61.1 Å². The van der Waals surface area contributed by atoms with Crippen LogP contribution in [-0.2, 0) is 6.42 Å². The second-order valence-electron chi connectivity index (χ2n) is 5.97. The number of nitrogens with one attached hydrogen (secondary N) is 1. The Kier molecular flexibility index (Phi) is 4.38. The molecule has 112 valence electrons. The molecule has 1 N–H and O–H groups in total. The third kappa shape index (κ3) is 3.45. The number of imidazole rings is 1. The van der Waals surface area contributed by atoms with E-state index in [-0.39, 0.29) is 0 Å². The van der Waals surface area contributed by atoms with Crippen molar-refractivity contribution in [1.29, 1.82) is 0 Å². The number of aryl methyl sites for hydroxylation is 3. The van der Waals surface area contributed by atoms with E-state index in [0.29, 0.717) is 5.92 Å². The molecule has 0 fully saturated rings. The van der Waals surface area contributed by atoms with Gasteiger partial charge in [-0.25, -0.2) is 4.98 Å². The maximum absolute atomic E-state index is 4.35. The van der Waals surface area contributed by atoms with Gasteiger partial charge in [-0.3, -0.25) is 0 Å². The highest BCUT2D eigenvalue weighted by Gasteiger charge is 2.14. The van der Waals surface area contributed by atoms with Crippen molar-refractivity contribution in [3.63, 3.8) is 0 Å². The fraction of sp³-hybridized carbons (Fsp3) is 0.250. The highest BCUT2D eigenvalue weighted by molar-refractivity contribution is 5.35. The Morgan fingerprint density at radius 2 is 1.41 bits per heavy atom. The number of nitrogens with zero attached hydrogens (tertiary/aromatic N) is 1. The van der Waals surface area contributed by atoms with Gasteiger partial charge in [0.2, 0.25) is 0 Å². The Morgan fingerprint density at radius 1 is 0.864 bits per heavy atom. The Balaban J connectivity index is 1.87. The monoisotopic (exact) mass is 290 g/mol. The van der Waals surface area contributed by atoms with Crippen molar-refractivity contribution in [2.45, 2.75) is 32.6 Å². The first-order valence-electron chi connectivity index (χ1n) is 7.83. The van der Waals surface area contributed by atoms with Crippen LogP contribution in [0, 0.1) is 13.8 Å². The molecule has 3 aromatic rings. The molecule has 0 saturated carbocycles. The number of H-pyrrole nitrogens is 1. The van der Waals surface area contributed by atoms with Gasteiger partial charge in [0.1, 0.15) is 0 Å². The average molecular weight is 290 g/mol. The molecule has 0 bridgehead atoms. The lowest BCUT2D eigenvalue weighted by Gasteiger charge is -2.18. The van der Waals surface area contributed by atoms with Crippen LogP contribution in [0.4, 0.5) is 0 Å². The minimum absolute atomic E-state index is 0.415. The first-order valence-corrected chi connectivity index (χ1v) is 7.83. The molecule has 0 aliphatic carbocycles. The van der Waals surface area contributed by atoms with Gasteiger partial charge in [-0.05, 0) is 37.8 Å². The van der Waals surface area contributed by atoms with E-state index in [9.17, 15) is 0 Å². The lowest BCUT2D eigenvalue weighted by Crippen LogP contribution is -2.03. The lowest BCUT2D eigenvalue weighted by atomic mass is 9.86. The van der Waals surface area contributed by atoms with E-state index in [1.165, 1.54) is 22.3 Å². The Hall–Kier alpha value is -2.35. The summed E-state index contributed by atoms with van der Waals surface area (Å²) in [7, 11) is 0. The van der Waals surface area contributed by atoms with E-state index >= 15 is 0 Å². The van der Waals surface area contributed by atoms with Crippen molar-refractivity contribution >= 4 is 0 Å². The largest absolute Gasteiger partial charge is 0.351 e. The molecular formula is C20H22N2. The summed E-state index contributed by atoms with van der Waals surface area (Å²) in [5, 5.41) is 0.